The van der Waals surface area contributed by atoms with Crippen LogP contribution < -0.4 is 5.32 Å². The number of benzene rings is 2. The lowest BCUT2D eigenvalue weighted by atomic mass is 9.73. The first-order valence-electron chi connectivity index (χ1n) is 8.77. The van der Waals surface area contributed by atoms with E-state index in [1.165, 1.54) is 11.1 Å². The minimum atomic E-state index is 0.176. The minimum Gasteiger partial charge on any atom is -0.358 e. The standard InChI is InChI=1S/C21H26N2O/c24-18-22-17-21(15-19-7-3-1-4-8-19)11-13-23(14-12-21)16-20-9-5-2-6-10-20/h1-10,18H,11-17H2,(H,22,24). The average molecular weight is 322 g/mol. The Balaban J connectivity index is 1.63. The Morgan fingerprint density at radius 3 is 2.08 bits per heavy atom. The maximum absolute atomic E-state index is 10.8. The first kappa shape index (κ1) is 16.7. The van der Waals surface area contributed by atoms with Gasteiger partial charge in [0.1, 0.15) is 0 Å². The zero-order chi connectivity index (χ0) is 16.7. The second-order valence-electron chi connectivity index (χ2n) is 6.92. The summed E-state index contributed by atoms with van der Waals surface area (Å²) in [5.41, 5.74) is 2.91. The van der Waals surface area contributed by atoms with Crippen molar-refractivity contribution in [1.82, 2.24) is 10.2 Å². The Bertz CT molecular complexity index is 619. The second kappa shape index (κ2) is 8.11. The molecule has 0 atom stereocenters. The van der Waals surface area contributed by atoms with Crippen LogP contribution in [0.2, 0.25) is 0 Å². The molecule has 0 aliphatic carbocycles. The zero-order valence-corrected chi connectivity index (χ0v) is 14.2. The highest BCUT2D eigenvalue weighted by Gasteiger charge is 2.34. The number of piperidine rings is 1. The highest BCUT2D eigenvalue weighted by molar-refractivity contribution is 5.46. The van der Waals surface area contributed by atoms with Gasteiger partial charge in [0.15, 0.2) is 0 Å². The van der Waals surface area contributed by atoms with Crippen molar-refractivity contribution in [1.29, 1.82) is 0 Å². The van der Waals surface area contributed by atoms with Crippen molar-refractivity contribution in [3.05, 3.63) is 71.8 Å². The van der Waals surface area contributed by atoms with Crippen molar-refractivity contribution in [3.8, 4) is 0 Å². The molecule has 1 N–H and O–H groups in total. The minimum absolute atomic E-state index is 0.176. The van der Waals surface area contributed by atoms with Gasteiger partial charge in [-0.25, -0.2) is 0 Å². The van der Waals surface area contributed by atoms with Gasteiger partial charge in [-0.15, -0.1) is 0 Å². The van der Waals surface area contributed by atoms with Gasteiger partial charge < -0.3 is 5.32 Å². The van der Waals surface area contributed by atoms with Gasteiger partial charge in [-0.1, -0.05) is 60.7 Å². The van der Waals surface area contributed by atoms with Crippen LogP contribution in [-0.4, -0.2) is 30.9 Å². The fourth-order valence-electron chi connectivity index (χ4n) is 3.73. The molecule has 1 aliphatic rings. The molecule has 3 nitrogen and oxygen atoms in total. The van der Waals surface area contributed by atoms with Gasteiger partial charge in [0.25, 0.3) is 0 Å². The number of rotatable bonds is 7. The highest BCUT2D eigenvalue weighted by atomic mass is 16.1. The summed E-state index contributed by atoms with van der Waals surface area (Å²) in [4.78, 5) is 13.4. The molecular formula is C21H26N2O. The molecule has 1 saturated heterocycles. The van der Waals surface area contributed by atoms with E-state index in [1.54, 1.807) is 0 Å². The summed E-state index contributed by atoms with van der Waals surface area (Å²) < 4.78 is 0. The second-order valence-corrected chi connectivity index (χ2v) is 6.92. The van der Waals surface area contributed by atoms with Crippen molar-refractivity contribution < 1.29 is 4.79 Å². The van der Waals surface area contributed by atoms with E-state index in [-0.39, 0.29) is 5.41 Å². The van der Waals surface area contributed by atoms with Crippen LogP contribution in [0.25, 0.3) is 0 Å². The molecule has 0 spiro atoms. The van der Waals surface area contributed by atoms with Crippen molar-refractivity contribution in [2.75, 3.05) is 19.6 Å². The summed E-state index contributed by atoms with van der Waals surface area (Å²) in [7, 11) is 0. The lowest BCUT2D eigenvalue weighted by Crippen LogP contribution is -2.45. The average Bonchev–Trinajstić information content (AvgIpc) is 2.64. The molecule has 1 aliphatic heterocycles. The van der Waals surface area contributed by atoms with Crippen LogP contribution in [0.4, 0.5) is 0 Å². The van der Waals surface area contributed by atoms with E-state index >= 15 is 0 Å². The zero-order valence-electron chi connectivity index (χ0n) is 14.2. The summed E-state index contributed by atoms with van der Waals surface area (Å²) in [6.07, 6.45) is 4.11. The van der Waals surface area contributed by atoms with Gasteiger partial charge in [0.05, 0.1) is 0 Å². The number of likely N-dealkylation sites (tertiary alicyclic amines) is 1. The predicted octanol–water partition coefficient (Wildman–Crippen LogP) is 3.26. The Labute approximate surface area is 144 Å². The molecule has 0 saturated carbocycles. The first-order chi connectivity index (χ1) is 11.8. The van der Waals surface area contributed by atoms with E-state index in [2.05, 4.69) is 70.9 Å². The van der Waals surface area contributed by atoms with Crippen LogP contribution in [-0.2, 0) is 17.8 Å². The number of hydrogen-bond acceptors (Lipinski definition) is 2. The van der Waals surface area contributed by atoms with Crippen LogP contribution in [0, 0.1) is 5.41 Å². The Hall–Kier alpha value is -2.13. The fourth-order valence-corrected chi connectivity index (χ4v) is 3.73. The largest absolute Gasteiger partial charge is 0.358 e. The van der Waals surface area contributed by atoms with E-state index in [1.807, 2.05) is 0 Å². The molecule has 0 unspecified atom stereocenters. The van der Waals surface area contributed by atoms with Crippen LogP contribution in [0.1, 0.15) is 24.0 Å². The fraction of sp³-hybridized carbons (Fsp3) is 0.381. The highest BCUT2D eigenvalue weighted by Crippen LogP contribution is 2.35. The smallest absolute Gasteiger partial charge is 0.207 e. The van der Waals surface area contributed by atoms with Gasteiger partial charge in [-0.3, -0.25) is 9.69 Å². The van der Waals surface area contributed by atoms with E-state index < -0.39 is 0 Å². The Morgan fingerprint density at radius 2 is 1.50 bits per heavy atom. The van der Waals surface area contributed by atoms with Crippen LogP contribution in [0.5, 0.6) is 0 Å². The van der Waals surface area contributed by atoms with Gasteiger partial charge in [0.2, 0.25) is 6.41 Å². The third-order valence-electron chi connectivity index (χ3n) is 5.15. The number of carbonyl (C=O) groups excluding carboxylic acids is 1. The first-order valence-corrected chi connectivity index (χ1v) is 8.77. The Morgan fingerprint density at radius 1 is 0.917 bits per heavy atom. The lowest BCUT2D eigenvalue weighted by Gasteiger charge is -2.42. The summed E-state index contributed by atoms with van der Waals surface area (Å²) in [5, 5.41) is 2.94. The van der Waals surface area contributed by atoms with Crippen LogP contribution in [0.3, 0.4) is 0 Å². The van der Waals surface area contributed by atoms with Gasteiger partial charge in [-0.2, -0.15) is 0 Å². The van der Waals surface area contributed by atoms with Crippen LogP contribution >= 0.6 is 0 Å². The topological polar surface area (TPSA) is 32.3 Å². The number of carbonyl (C=O) groups is 1. The third-order valence-corrected chi connectivity index (χ3v) is 5.15. The van der Waals surface area contributed by atoms with Crippen molar-refractivity contribution in [2.24, 2.45) is 5.41 Å². The normalized spacial score (nSPS) is 17.3. The number of amides is 1. The summed E-state index contributed by atoms with van der Waals surface area (Å²) in [6.45, 7) is 3.96. The van der Waals surface area contributed by atoms with Crippen molar-refractivity contribution in [2.45, 2.75) is 25.8 Å². The van der Waals surface area contributed by atoms with Gasteiger partial charge in [0, 0.05) is 13.1 Å². The van der Waals surface area contributed by atoms with Gasteiger partial charge in [-0.05, 0) is 48.9 Å². The molecule has 24 heavy (non-hydrogen) atoms. The van der Waals surface area contributed by atoms with E-state index in [0.29, 0.717) is 0 Å². The molecule has 1 amide bonds. The van der Waals surface area contributed by atoms with Crippen LogP contribution in [0.15, 0.2) is 60.7 Å². The molecule has 2 aromatic rings. The maximum Gasteiger partial charge on any atom is 0.207 e. The predicted molar refractivity (Wildman–Crippen MR) is 97.6 cm³/mol. The molecule has 0 bridgehead atoms. The summed E-state index contributed by atoms with van der Waals surface area (Å²) in [6, 6.07) is 21.3. The quantitative estimate of drug-likeness (QED) is 0.794. The van der Waals surface area contributed by atoms with Crippen molar-refractivity contribution >= 4 is 6.41 Å². The van der Waals surface area contributed by atoms with Gasteiger partial charge >= 0.3 is 0 Å². The Kier molecular flexibility index (Phi) is 5.65. The van der Waals surface area contributed by atoms with E-state index in [0.717, 1.165) is 51.9 Å². The van der Waals surface area contributed by atoms with E-state index in [4.69, 9.17) is 0 Å². The number of nitrogens with zero attached hydrogens (tertiary/aromatic N) is 1. The number of nitrogens with one attached hydrogen (secondary N) is 1. The molecule has 2 aromatic carbocycles. The third kappa shape index (κ3) is 4.45. The monoisotopic (exact) mass is 322 g/mol. The molecule has 1 heterocycles. The molecule has 3 rings (SSSR count). The maximum atomic E-state index is 10.8. The number of hydrogen-bond donors (Lipinski definition) is 1. The molecule has 1 fully saturated rings. The lowest BCUT2D eigenvalue weighted by molar-refractivity contribution is -0.110. The van der Waals surface area contributed by atoms with E-state index in [9.17, 15) is 4.79 Å². The molecule has 3 heteroatoms. The summed E-state index contributed by atoms with van der Waals surface area (Å²) >= 11 is 0. The molecule has 126 valence electrons. The molecular weight excluding hydrogens is 296 g/mol. The molecule has 0 radical (unpaired) electrons. The molecule has 0 aromatic heterocycles. The SMILES string of the molecule is O=CNCC1(Cc2ccccc2)CCN(Cc2ccccc2)CC1. The summed E-state index contributed by atoms with van der Waals surface area (Å²) in [5.74, 6) is 0. The van der Waals surface area contributed by atoms with Crippen molar-refractivity contribution in [3.63, 3.8) is 0 Å².